The average Bonchev–Trinajstić information content (AvgIpc) is 2.85. The summed E-state index contributed by atoms with van der Waals surface area (Å²) in [4.78, 5) is 13.9. The van der Waals surface area contributed by atoms with Crippen LogP contribution in [0.2, 0.25) is 10.0 Å². The van der Waals surface area contributed by atoms with Crippen LogP contribution in [0.15, 0.2) is 18.2 Å². The molecule has 0 aromatic heterocycles. The lowest BCUT2D eigenvalue weighted by molar-refractivity contribution is -0.147. The molecular weight excluding hydrogens is 321 g/mol. The molecule has 5 atom stereocenters. The summed E-state index contributed by atoms with van der Waals surface area (Å²) in [6.45, 7) is 2.35. The van der Waals surface area contributed by atoms with Gasteiger partial charge in [-0.3, -0.25) is 9.69 Å². The maximum atomic E-state index is 11.4. The summed E-state index contributed by atoms with van der Waals surface area (Å²) >= 11 is 12.3. The number of rotatable bonds is 2. The minimum Gasteiger partial charge on any atom is -0.461 e. The van der Waals surface area contributed by atoms with Crippen molar-refractivity contribution in [3.63, 3.8) is 0 Å². The first kappa shape index (κ1) is 14.8. The quantitative estimate of drug-likeness (QED) is 0.762. The fraction of sp³-hybridized carbons (Fsp3) is 0.588. The Kier molecular flexibility index (Phi) is 3.44. The molecule has 3 nitrogen and oxygen atoms in total. The van der Waals surface area contributed by atoms with Gasteiger partial charge >= 0.3 is 5.97 Å². The Morgan fingerprint density at radius 1 is 1.27 bits per heavy atom. The first-order valence-electron chi connectivity index (χ1n) is 7.91. The lowest BCUT2D eigenvalue weighted by Gasteiger charge is -2.42. The van der Waals surface area contributed by atoms with Crippen molar-refractivity contribution in [2.45, 2.75) is 50.3 Å². The third kappa shape index (κ3) is 2.02. The van der Waals surface area contributed by atoms with E-state index >= 15 is 0 Å². The zero-order chi connectivity index (χ0) is 15.5. The Morgan fingerprint density at radius 2 is 2.05 bits per heavy atom. The van der Waals surface area contributed by atoms with Crippen molar-refractivity contribution in [1.29, 1.82) is 0 Å². The van der Waals surface area contributed by atoms with Crippen LogP contribution in [0.1, 0.15) is 38.2 Å². The summed E-state index contributed by atoms with van der Waals surface area (Å²) in [5.41, 5.74) is 1.30. The summed E-state index contributed by atoms with van der Waals surface area (Å²) in [5, 5.41) is 1.22. The predicted octanol–water partition coefficient (Wildman–Crippen LogP) is 4.01. The Bertz CT molecular complexity index is 635. The molecular formula is C17H19Cl2NO2. The standard InChI is InChI=1S/C17H19Cl2NO2/c1-10(21)22-16-9-20-15-5-7-17(20,6-4-12(15)16)11-2-3-13(18)14(19)8-11/h2-3,8,12,15-16H,4-7,9H2,1H3. The number of halogens is 2. The summed E-state index contributed by atoms with van der Waals surface area (Å²) in [7, 11) is 0. The molecule has 3 aliphatic heterocycles. The molecule has 3 heterocycles. The van der Waals surface area contributed by atoms with Crippen LogP contribution >= 0.6 is 23.2 Å². The molecule has 3 saturated heterocycles. The lowest BCUT2D eigenvalue weighted by Crippen LogP contribution is -2.46. The van der Waals surface area contributed by atoms with Gasteiger partial charge in [0, 0.05) is 31.0 Å². The summed E-state index contributed by atoms with van der Waals surface area (Å²) in [6, 6.07) is 6.56. The van der Waals surface area contributed by atoms with E-state index < -0.39 is 0 Å². The molecule has 22 heavy (non-hydrogen) atoms. The first-order chi connectivity index (χ1) is 10.5. The number of benzene rings is 1. The normalized spacial score (nSPS) is 39.0. The van der Waals surface area contributed by atoms with Gasteiger partial charge in [-0.15, -0.1) is 0 Å². The largest absolute Gasteiger partial charge is 0.461 e. The van der Waals surface area contributed by atoms with E-state index in [9.17, 15) is 4.79 Å². The number of hydrogen-bond acceptors (Lipinski definition) is 3. The smallest absolute Gasteiger partial charge is 0.302 e. The monoisotopic (exact) mass is 339 g/mol. The number of ether oxygens (including phenoxy) is 1. The maximum Gasteiger partial charge on any atom is 0.302 e. The van der Waals surface area contributed by atoms with Gasteiger partial charge in [0.25, 0.3) is 0 Å². The van der Waals surface area contributed by atoms with E-state index in [1.165, 1.54) is 18.9 Å². The summed E-state index contributed by atoms with van der Waals surface area (Å²) in [5.74, 6) is 0.320. The zero-order valence-corrected chi connectivity index (χ0v) is 14.0. The van der Waals surface area contributed by atoms with Gasteiger partial charge in [-0.1, -0.05) is 29.3 Å². The number of carbonyl (C=O) groups is 1. The second-order valence-corrected chi connectivity index (χ2v) is 7.58. The molecule has 5 heteroatoms. The second kappa shape index (κ2) is 5.12. The van der Waals surface area contributed by atoms with Crippen molar-refractivity contribution in [2.24, 2.45) is 5.92 Å². The molecule has 0 aliphatic carbocycles. The number of piperidine rings is 1. The third-order valence-corrected chi connectivity index (χ3v) is 6.56. The topological polar surface area (TPSA) is 29.5 Å². The molecule has 0 radical (unpaired) electrons. The third-order valence-electron chi connectivity index (χ3n) is 5.82. The van der Waals surface area contributed by atoms with Gasteiger partial charge in [0.2, 0.25) is 0 Å². The van der Waals surface area contributed by atoms with E-state index in [1.807, 2.05) is 12.1 Å². The molecule has 0 amide bonds. The van der Waals surface area contributed by atoms with Crippen LogP contribution in [0.3, 0.4) is 0 Å². The Balaban J connectivity index is 1.69. The molecule has 0 saturated carbocycles. The number of carbonyl (C=O) groups excluding carboxylic acids is 1. The predicted molar refractivity (Wildman–Crippen MR) is 86.1 cm³/mol. The minimum atomic E-state index is -0.168. The maximum absolute atomic E-state index is 11.4. The molecule has 3 fully saturated rings. The van der Waals surface area contributed by atoms with Crippen LogP contribution in [-0.4, -0.2) is 29.6 Å². The van der Waals surface area contributed by atoms with E-state index in [0.717, 1.165) is 25.8 Å². The van der Waals surface area contributed by atoms with Gasteiger partial charge in [-0.25, -0.2) is 0 Å². The molecule has 1 aromatic rings. The van der Waals surface area contributed by atoms with Crippen molar-refractivity contribution in [2.75, 3.05) is 6.54 Å². The molecule has 5 unspecified atom stereocenters. The van der Waals surface area contributed by atoms with Crippen molar-refractivity contribution in [1.82, 2.24) is 4.90 Å². The average molecular weight is 340 g/mol. The summed E-state index contributed by atoms with van der Waals surface area (Å²) in [6.07, 6.45) is 4.58. The number of nitrogens with zero attached hydrogens (tertiary/aromatic N) is 1. The molecule has 0 N–H and O–H groups in total. The Morgan fingerprint density at radius 3 is 2.77 bits per heavy atom. The van der Waals surface area contributed by atoms with Crippen molar-refractivity contribution in [3.05, 3.63) is 33.8 Å². The minimum absolute atomic E-state index is 0.0459. The van der Waals surface area contributed by atoms with Crippen molar-refractivity contribution >= 4 is 29.2 Å². The first-order valence-corrected chi connectivity index (χ1v) is 8.66. The zero-order valence-electron chi connectivity index (χ0n) is 12.5. The van der Waals surface area contributed by atoms with E-state index in [-0.39, 0.29) is 17.6 Å². The second-order valence-electron chi connectivity index (χ2n) is 6.77. The molecule has 1 aromatic carbocycles. The van der Waals surface area contributed by atoms with Crippen LogP contribution in [0.5, 0.6) is 0 Å². The van der Waals surface area contributed by atoms with Gasteiger partial charge < -0.3 is 4.74 Å². The van der Waals surface area contributed by atoms with Crippen LogP contribution in [-0.2, 0) is 15.1 Å². The van der Waals surface area contributed by atoms with Gasteiger partial charge in [-0.2, -0.15) is 0 Å². The molecule has 118 valence electrons. The SMILES string of the molecule is CC(=O)OC1CN2C3CCC2(c2ccc(Cl)c(Cl)c2)CCC13. The van der Waals surface area contributed by atoms with Crippen molar-refractivity contribution in [3.8, 4) is 0 Å². The molecule has 3 aliphatic rings. The highest BCUT2D eigenvalue weighted by Gasteiger charge is 2.60. The highest BCUT2D eigenvalue weighted by molar-refractivity contribution is 6.42. The van der Waals surface area contributed by atoms with Gasteiger partial charge in [0.1, 0.15) is 6.10 Å². The van der Waals surface area contributed by atoms with E-state index in [2.05, 4.69) is 11.0 Å². The van der Waals surface area contributed by atoms with Crippen LogP contribution in [0, 0.1) is 5.92 Å². The molecule has 0 spiro atoms. The Hall–Kier alpha value is -0.770. The fourth-order valence-electron chi connectivity index (χ4n) is 4.97. The fourth-order valence-corrected chi connectivity index (χ4v) is 5.26. The van der Waals surface area contributed by atoms with Crippen LogP contribution in [0.25, 0.3) is 0 Å². The van der Waals surface area contributed by atoms with E-state index in [0.29, 0.717) is 22.0 Å². The van der Waals surface area contributed by atoms with Gasteiger partial charge in [0.15, 0.2) is 0 Å². The van der Waals surface area contributed by atoms with Crippen LogP contribution < -0.4 is 0 Å². The highest BCUT2D eigenvalue weighted by atomic mass is 35.5. The van der Waals surface area contributed by atoms with Crippen LogP contribution in [0.4, 0.5) is 0 Å². The molecule has 4 bridgehead atoms. The number of esters is 1. The van der Waals surface area contributed by atoms with E-state index in [1.54, 1.807) is 0 Å². The Labute approximate surface area is 140 Å². The lowest BCUT2D eigenvalue weighted by atomic mass is 9.81. The van der Waals surface area contributed by atoms with Gasteiger partial charge in [-0.05, 0) is 43.4 Å². The summed E-state index contributed by atoms with van der Waals surface area (Å²) < 4.78 is 5.57. The highest BCUT2D eigenvalue weighted by Crippen LogP contribution is 2.57. The van der Waals surface area contributed by atoms with Crippen molar-refractivity contribution < 1.29 is 9.53 Å². The number of hydrogen-bond donors (Lipinski definition) is 0. The van der Waals surface area contributed by atoms with E-state index in [4.69, 9.17) is 27.9 Å². The molecule has 4 rings (SSSR count). The van der Waals surface area contributed by atoms with Gasteiger partial charge in [0.05, 0.1) is 10.0 Å².